The first-order valence-electron chi connectivity index (χ1n) is 7.33. The molecule has 118 valence electrons. The molecule has 2 aliphatic rings. The van der Waals surface area contributed by atoms with Crippen molar-refractivity contribution in [2.75, 3.05) is 6.61 Å². The molecular formula is C17H20O4S. The zero-order chi connectivity index (χ0) is 16.1. The van der Waals surface area contributed by atoms with Gasteiger partial charge in [0.2, 0.25) is 0 Å². The Bertz CT molecular complexity index is 664. The van der Waals surface area contributed by atoms with Crippen LogP contribution in [0.2, 0.25) is 0 Å². The maximum atomic E-state index is 12.8. The van der Waals surface area contributed by atoms with Crippen LogP contribution in [0.5, 0.6) is 5.75 Å². The van der Waals surface area contributed by atoms with E-state index < -0.39 is 27.0 Å². The lowest BCUT2D eigenvalue weighted by atomic mass is 9.78. The van der Waals surface area contributed by atoms with Crippen LogP contribution in [0.15, 0.2) is 36.4 Å². The number of benzene rings is 1. The Morgan fingerprint density at radius 3 is 2.64 bits per heavy atom. The van der Waals surface area contributed by atoms with Crippen molar-refractivity contribution in [3.63, 3.8) is 0 Å². The molecule has 0 aliphatic carbocycles. The van der Waals surface area contributed by atoms with E-state index in [0.29, 0.717) is 6.61 Å². The van der Waals surface area contributed by atoms with E-state index in [1.165, 1.54) is 0 Å². The number of cyclic esters (lactones) is 1. The van der Waals surface area contributed by atoms with Crippen LogP contribution in [0.3, 0.4) is 0 Å². The Labute approximate surface area is 133 Å². The minimum atomic E-state index is -1.41. The number of para-hydroxylation sites is 1. The third-order valence-electron chi connectivity index (χ3n) is 4.38. The largest absolute Gasteiger partial charge is 0.493 e. The first-order valence-corrected chi connectivity index (χ1v) is 8.55. The van der Waals surface area contributed by atoms with Gasteiger partial charge >= 0.3 is 5.97 Å². The second-order valence-corrected chi connectivity index (χ2v) is 8.45. The molecule has 0 N–H and O–H groups in total. The van der Waals surface area contributed by atoms with Crippen molar-refractivity contribution in [3.8, 4) is 5.75 Å². The minimum Gasteiger partial charge on any atom is -0.493 e. The van der Waals surface area contributed by atoms with Gasteiger partial charge < -0.3 is 9.47 Å². The molecule has 2 aliphatic heterocycles. The van der Waals surface area contributed by atoms with Gasteiger partial charge in [0.15, 0.2) is 4.93 Å². The average Bonchev–Trinajstić information content (AvgIpc) is 2.66. The van der Waals surface area contributed by atoms with E-state index in [1.807, 2.05) is 31.2 Å². The van der Waals surface area contributed by atoms with E-state index in [0.717, 1.165) is 16.9 Å². The molecule has 1 unspecified atom stereocenters. The van der Waals surface area contributed by atoms with Crippen molar-refractivity contribution in [1.82, 2.24) is 0 Å². The van der Waals surface area contributed by atoms with Gasteiger partial charge in [-0.2, -0.15) is 0 Å². The van der Waals surface area contributed by atoms with Crippen LogP contribution < -0.4 is 4.74 Å². The fourth-order valence-electron chi connectivity index (χ4n) is 3.22. The molecule has 1 aromatic carbocycles. The molecule has 0 spiro atoms. The first-order chi connectivity index (χ1) is 10.3. The van der Waals surface area contributed by atoms with Gasteiger partial charge in [0.05, 0.1) is 17.4 Å². The molecule has 0 amide bonds. The summed E-state index contributed by atoms with van der Waals surface area (Å²) in [7, 11) is -1.41. The van der Waals surface area contributed by atoms with E-state index in [4.69, 9.17) is 9.47 Å². The average molecular weight is 320 g/mol. The molecule has 0 aromatic heterocycles. The summed E-state index contributed by atoms with van der Waals surface area (Å²) in [5.74, 6) is 0.0821. The topological polar surface area (TPSA) is 52.6 Å². The number of fused-ring (bicyclic) bond motifs is 1. The summed E-state index contributed by atoms with van der Waals surface area (Å²) in [5, 5.41) is -0.679. The van der Waals surface area contributed by atoms with Crippen molar-refractivity contribution in [2.24, 2.45) is 5.92 Å². The lowest BCUT2D eigenvalue weighted by Crippen LogP contribution is -2.39. The van der Waals surface area contributed by atoms with Crippen LogP contribution >= 0.6 is 0 Å². The molecule has 1 aromatic rings. The predicted octanol–water partition coefficient (Wildman–Crippen LogP) is 2.77. The highest BCUT2D eigenvalue weighted by Gasteiger charge is 2.54. The summed E-state index contributed by atoms with van der Waals surface area (Å²) in [6, 6.07) is 7.62. The van der Waals surface area contributed by atoms with Crippen LogP contribution in [0.4, 0.5) is 0 Å². The van der Waals surface area contributed by atoms with Gasteiger partial charge in [-0.05, 0) is 32.4 Å². The van der Waals surface area contributed by atoms with Crippen LogP contribution in [0.1, 0.15) is 32.3 Å². The summed E-state index contributed by atoms with van der Waals surface area (Å²) in [6.07, 6.45) is 0. The molecular weight excluding hydrogens is 300 g/mol. The van der Waals surface area contributed by atoms with E-state index in [2.05, 4.69) is 6.58 Å². The number of carbonyl (C=O) groups is 1. The Kier molecular flexibility index (Phi) is 3.63. The van der Waals surface area contributed by atoms with Crippen LogP contribution in [-0.4, -0.2) is 27.0 Å². The van der Waals surface area contributed by atoms with Crippen molar-refractivity contribution < 1.29 is 18.5 Å². The molecule has 0 radical (unpaired) electrons. The number of carbonyl (C=O) groups excluding carboxylic acids is 1. The van der Waals surface area contributed by atoms with Gasteiger partial charge in [-0.25, -0.2) is 0 Å². The summed E-state index contributed by atoms with van der Waals surface area (Å²) >= 11 is 0. The quantitative estimate of drug-likeness (QED) is 0.621. The number of hydrogen-bond acceptors (Lipinski definition) is 4. The number of ether oxygens (including phenoxy) is 2. The standard InChI is InChI=1S/C17H20O4S/c1-10(2)12-9-20-13-8-6-5-7-11(13)14(12)15-16(18)21-17(3,4)22(15)19/h5-8,12,14-15H,1,9H2,2-4H3/t12-,14-,15?,22+/m1/s1. The molecule has 1 saturated heterocycles. The highest BCUT2D eigenvalue weighted by molar-refractivity contribution is 7.88. The Hall–Kier alpha value is -1.62. The van der Waals surface area contributed by atoms with Gasteiger partial charge in [0.1, 0.15) is 11.0 Å². The lowest BCUT2D eigenvalue weighted by molar-refractivity contribution is -0.146. The van der Waals surface area contributed by atoms with Gasteiger partial charge in [-0.1, -0.05) is 30.4 Å². The molecule has 0 saturated carbocycles. The molecule has 22 heavy (non-hydrogen) atoms. The number of hydrogen-bond donors (Lipinski definition) is 0. The molecule has 0 bridgehead atoms. The number of rotatable bonds is 2. The zero-order valence-corrected chi connectivity index (χ0v) is 13.8. The molecule has 4 atom stereocenters. The monoisotopic (exact) mass is 320 g/mol. The van der Waals surface area contributed by atoms with E-state index in [9.17, 15) is 9.00 Å². The molecule has 5 heteroatoms. The van der Waals surface area contributed by atoms with Crippen LogP contribution in [-0.2, 0) is 20.3 Å². The predicted molar refractivity (Wildman–Crippen MR) is 85.1 cm³/mol. The summed E-state index contributed by atoms with van der Waals surface area (Å²) < 4.78 is 24.0. The van der Waals surface area contributed by atoms with Crippen LogP contribution in [0.25, 0.3) is 0 Å². The molecule has 4 nitrogen and oxygen atoms in total. The van der Waals surface area contributed by atoms with Crippen molar-refractivity contribution in [1.29, 1.82) is 0 Å². The second kappa shape index (κ2) is 5.23. The third-order valence-corrected chi connectivity index (χ3v) is 6.38. The van der Waals surface area contributed by atoms with Crippen molar-refractivity contribution >= 4 is 16.8 Å². The van der Waals surface area contributed by atoms with Gasteiger partial charge in [0.25, 0.3) is 0 Å². The number of esters is 1. The van der Waals surface area contributed by atoms with E-state index >= 15 is 0 Å². The maximum absolute atomic E-state index is 12.8. The molecule has 1 fully saturated rings. The maximum Gasteiger partial charge on any atom is 0.324 e. The molecule has 2 heterocycles. The minimum absolute atomic E-state index is 0.0506. The fourth-order valence-corrected chi connectivity index (χ4v) is 4.83. The highest BCUT2D eigenvalue weighted by atomic mass is 32.2. The summed E-state index contributed by atoms with van der Waals surface area (Å²) in [5.41, 5.74) is 1.84. The van der Waals surface area contributed by atoms with E-state index in [-0.39, 0.29) is 11.8 Å². The third kappa shape index (κ3) is 2.28. The highest BCUT2D eigenvalue weighted by Crippen LogP contribution is 2.47. The lowest BCUT2D eigenvalue weighted by Gasteiger charge is -2.35. The molecule has 3 rings (SSSR count). The Balaban J connectivity index is 2.11. The fraction of sp³-hybridized carbons (Fsp3) is 0.471. The summed E-state index contributed by atoms with van der Waals surface area (Å²) in [6.45, 7) is 9.78. The smallest absolute Gasteiger partial charge is 0.324 e. The zero-order valence-electron chi connectivity index (χ0n) is 13.0. The van der Waals surface area contributed by atoms with Gasteiger partial charge in [0, 0.05) is 11.8 Å². The van der Waals surface area contributed by atoms with Crippen molar-refractivity contribution in [2.45, 2.75) is 36.9 Å². The van der Waals surface area contributed by atoms with Gasteiger partial charge in [-0.15, -0.1) is 0 Å². The van der Waals surface area contributed by atoms with Crippen LogP contribution in [0, 0.1) is 5.92 Å². The SMILES string of the molecule is C=C(C)[C@H]1COc2ccccc2[C@H]1C1C(=O)OC(C)(C)[S@]1=O. The second-order valence-electron chi connectivity index (χ2n) is 6.37. The first kappa shape index (κ1) is 15.3. The Morgan fingerprint density at radius 2 is 2.05 bits per heavy atom. The van der Waals surface area contributed by atoms with Gasteiger partial charge in [-0.3, -0.25) is 9.00 Å². The van der Waals surface area contributed by atoms with Crippen molar-refractivity contribution in [3.05, 3.63) is 42.0 Å². The van der Waals surface area contributed by atoms with E-state index in [1.54, 1.807) is 13.8 Å². The Morgan fingerprint density at radius 1 is 1.36 bits per heavy atom. The summed E-state index contributed by atoms with van der Waals surface area (Å²) in [4.78, 5) is 11.4. The normalized spacial score (nSPS) is 32.8.